The van der Waals surface area contributed by atoms with Crippen LogP contribution in [0.5, 0.6) is 23.0 Å². The van der Waals surface area contributed by atoms with Crippen molar-refractivity contribution >= 4 is 28.6 Å². The molecule has 8 nitrogen and oxygen atoms in total. The average molecular weight is 921 g/mol. The number of allylic oxidation sites excluding steroid dienone is 8. The molecule has 2 aromatic carbocycles. The summed E-state index contributed by atoms with van der Waals surface area (Å²) in [7, 11) is -4.35. The predicted octanol–water partition coefficient (Wildman–Crippen LogP) is 16.1. The molecule has 0 radical (unpaired) electrons. The van der Waals surface area contributed by atoms with Gasteiger partial charge in [0.1, 0.15) is 34.1 Å². The Kier molecular flexibility index (Phi) is 23.2. The molecule has 0 amide bonds. The van der Waals surface area contributed by atoms with Crippen LogP contribution in [0.4, 0.5) is 0 Å². The Morgan fingerprint density at radius 3 is 1.23 bits per heavy atom. The Labute approximate surface area is 391 Å². The third-order valence-electron chi connectivity index (χ3n) is 12.7. The molecule has 0 aliphatic carbocycles. The van der Waals surface area contributed by atoms with Crippen molar-refractivity contribution in [2.45, 2.75) is 210 Å². The third kappa shape index (κ3) is 18.1. The molecule has 0 saturated heterocycles. The van der Waals surface area contributed by atoms with Crippen LogP contribution in [0, 0.1) is 0 Å². The molecule has 0 fully saturated rings. The summed E-state index contributed by atoms with van der Waals surface area (Å²) >= 11 is 0. The van der Waals surface area contributed by atoms with E-state index in [1.165, 1.54) is 22.3 Å². The van der Waals surface area contributed by atoms with Gasteiger partial charge in [-0.05, 0) is 159 Å². The smallest absolute Gasteiger partial charge is 0.339 e. The number of carboxylic acids is 2. The monoisotopic (exact) mass is 921 g/mol. The lowest BCUT2D eigenvalue weighted by Crippen LogP contribution is -2.44. The number of carbonyl (C=O) groups is 2. The van der Waals surface area contributed by atoms with E-state index in [1.807, 2.05) is 19.1 Å². The maximum atomic E-state index is 12.1. The molecule has 4 N–H and O–H groups in total. The van der Waals surface area contributed by atoms with Gasteiger partial charge in [-0.25, -0.2) is 9.59 Å². The summed E-state index contributed by atoms with van der Waals surface area (Å²) in [5.41, 5.74) is 7.52. The maximum Gasteiger partial charge on any atom is 0.339 e. The molecule has 0 aliphatic rings. The fraction of sp³-hybridized carbons (Fsp3) is 0.593. The summed E-state index contributed by atoms with van der Waals surface area (Å²) in [6.45, 7) is 38.4. The Bertz CT molecular complexity index is 1990. The van der Waals surface area contributed by atoms with Crippen molar-refractivity contribution in [1.29, 1.82) is 0 Å². The first-order chi connectivity index (χ1) is 29.4. The van der Waals surface area contributed by atoms with Crippen molar-refractivity contribution in [3.05, 3.63) is 92.1 Å². The second kappa shape index (κ2) is 25.6. The van der Waals surface area contributed by atoms with Crippen LogP contribution in [-0.2, 0) is 25.7 Å². The van der Waals surface area contributed by atoms with Crippen LogP contribution in [0.2, 0.25) is 36.3 Å². The number of aromatic carboxylic acids is 2. The first-order valence-corrected chi connectivity index (χ1v) is 29.4. The van der Waals surface area contributed by atoms with Crippen molar-refractivity contribution in [2.75, 3.05) is 0 Å². The molecular weight excluding hydrogens is 833 g/mol. The highest BCUT2D eigenvalue weighted by molar-refractivity contribution is 6.75. The first kappa shape index (κ1) is 58.0. The van der Waals surface area contributed by atoms with Crippen molar-refractivity contribution < 1.29 is 38.9 Å². The van der Waals surface area contributed by atoms with Crippen LogP contribution in [-0.4, -0.2) is 49.0 Å². The number of carboxylic acid groups (broad SMARTS) is 2. The fourth-order valence-electron chi connectivity index (χ4n) is 6.55. The largest absolute Gasteiger partial charge is 0.543 e. The lowest BCUT2D eigenvalue weighted by Gasteiger charge is -2.37. The number of hydrogen-bond donors (Lipinski definition) is 4. The number of unbranched alkanes of at least 4 members (excludes halogenated alkanes) is 2. The van der Waals surface area contributed by atoms with E-state index in [1.54, 1.807) is 0 Å². The van der Waals surface area contributed by atoms with Gasteiger partial charge >= 0.3 is 11.9 Å². The van der Waals surface area contributed by atoms with Gasteiger partial charge in [-0.15, -0.1) is 0 Å². The van der Waals surface area contributed by atoms with E-state index >= 15 is 0 Å². The van der Waals surface area contributed by atoms with Crippen LogP contribution in [0.25, 0.3) is 0 Å². The van der Waals surface area contributed by atoms with Gasteiger partial charge in [-0.1, -0.05) is 121 Å². The number of hydrogen-bond acceptors (Lipinski definition) is 6. The summed E-state index contributed by atoms with van der Waals surface area (Å²) in [6, 6.07) is 3.75. The molecule has 2 aromatic rings. The minimum absolute atomic E-state index is 0.00756. The fourth-order valence-corrected chi connectivity index (χ4v) is 8.62. The zero-order valence-corrected chi connectivity index (χ0v) is 45.4. The van der Waals surface area contributed by atoms with Crippen LogP contribution < -0.4 is 8.85 Å². The van der Waals surface area contributed by atoms with Gasteiger partial charge < -0.3 is 29.3 Å². The lowest BCUT2D eigenvalue weighted by atomic mass is 9.95. The van der Waals surface area contributed by atoms with Crippen LogP contribution in [0.15, 0.2) is 58.7 Å². The minimum atomic E-state index is -2.18. The highest BCUT2D eigenvalue weighted by Crippen LogP contribution is 2.44. The SMILES string of the molecule is CCCCCc1cc(O[Si](C)(C)C(C)(C)C)c(C/C=C(\C)CCC=C(C)C)c(O)c1C(=O)O.CCCc1cc(O[Si](C)(C)C(C)(C)C)c(C/C=C(\C)CCC=C(C)C)c(O)c1C(=O)O. The highest BCUT2D eigenvalue weighted by atomic mass is 28.4. The Hall–Kier alpha value is -4.03. The topological polar surface area (TPSA) is 134 Å². The van der Waals surface area contributed by atoms with Gasteiger partial charge in [-0.2, -0.15) is 0 Å². The van der Waals surface area contributed by atoms with E-state index in [9.17, 15) is 30.0 Å². The predicted molar refractivity (Wildman–Crippen MR) is 275 cm³/mol. The molecule has 2 rings (SSSR count). The zero-order valence-electron chi connectivity index (χ0n) is 43.4. The molecule has 0 saturated carbocycles. The Balaban J connectivity index is 0.000000641. The number of phenols is 2. The highest BCUT2D eigenvalue weighted by Gasteiger charge is 2.41. The summed E-state index contributed by atoms with van der Waals surface area (Å²) in [6.07, 6.45) is 18.3. The van der Waals surface area contributed by atoms with Gasteiger partial charge in [0.05, 0.1) is 0 Å². The number of aromatic hydroxyl groups is 2. The number of rotatable bonds is 22. The Morgan fingerprint density at radius 1 is 0.578 bits per heavy atom. The Morgan fingerprint density at radius 2 is 0.938 bits per heavy atom. The van der Waals surface area contributed by atoms with Crippen LogP contribution in [0.1, 0.15) is 191 Å². The molecular formula is C54H88O8Si2. The molecule has 360 valence electrons. The van der Waals surface area contributed by atoms with E-state index in [-0.39, 0.29) is 32.7 Å². The lowest BCUT2D eigenvalue weighted by molar-refractivity contribution is 0.0680. The number of benzene rings is 2. The maximum absolute atomic E-state index is 12.1. The van der Waals surface area contributed by atoms with E-state index in [4.69, 9.17) is 8.85 Å². The van der Waals surface area contributed by atoms with Crippen molar-refractivity contribution in [2.24, 2.45) is 0 Å². The van der Waals surface area contributed by atoms with Crippen molar-refractivity contribution in [3.63, 3.8) is 0 Å². The summed E-state index contributed by atoms with van der Waals surface area (Å²) < 4.78 is 13.2. The second-order valence-electron chi connectivity index (χ2n) is 21.2. The van der Waals surface area contributed by atoms with Gasteiger partial charge in [0.25, 0.3) is 0 Å². The minimum Gasteiger partial charge on any atom is -0.543 e. The van der Waals surface area contributed by atoms with E-state index in [0.717, 1.165) is 51.4 Å². The first-order valence-electron chi connectivity index (χ1n) is 23.6. The number of aryl methyl sites for hydroxylation is 2. The standard InChI is InChI=1S/C28H46O4Si.C26H42O4Si/c1-10-11-12-16-22-19-24(32-33(8,9)28(5,6)7)23(26(29)25(22)27(30)31)18-17-21(4)15-13-14-20(2)3;1-10-12-20-17-22(30-31(8,9)26(5,6)7)21(24(27)23(20)25(28)29)16-15-19(4)14-11-13-18(2)3/h14,17,19,29H,10-13,15-16,18H2,1-9H3,(H,30,31);13,15,17,27H,10-12,14,16H2,1-9H3,(H,28,29)/b21-17+;19-15+. The summed E-state index contributed by atoms with van der Waals surface area (Å²) in [4.78, 5) is 24.1. The van der Waals surface area contributed by atoms with E-state index < -0.39 is 28.6 Å². The molecule has 10 heteroatoms. The molecule has 0 atom stereocenters. The normalized spacial score (nSPS) is 12.6. The molecule has 0 aromatic heterocycles. The molecule has 64 heavy (non-hydrogen) atoms. The summed E-state index contributed by atoms with van der Waals surface area (Å²) in [5, 5.41) is 41.9. The van der Waals surface area contributed by atoms with Gasteiger partial charge in [0, 0.05) is 11.1 Å². The third-order valence-corrected chi connectivity index (χ3v) is 21.4. The average Bonchev–Trinajstić information content (AvgIpc) is 3.13. The van der Waals surface area contributed by atoms with E-state index in [2.05, 4.69) is 141 Å². The van der Waals surface area contributed by atoms with Gasteiger partial charge in [0.15, 0.2) is 0 Å². The molecule has 0 spiro atoms. The van der Waals surface area contributed by atoms with E-state index in [0.29, 0.717) is 59.4 Å². The van der Waals surface area contributed by atoms with Gasteiger partial charge in [0.2, 0.25) is 16.6 Å². The van der Waals surface area contributed by atoms with Crippen molar-refractivity contribution in [3.8, 4) is 23.0 Å². The zero-order chi connectivity index (χ0) is 49.4. The summed E-state index contributed by atoms with van der Waals surface area (Å²) in [5.74, 6) is -1.19. The second-order valence-corrected chi connectivity index (χ2v) is 30.6. The molecule has 0 unspecified atom stereocenters. The van der Waals surface area contributed by atoms with Gasteiger partial charge in [-0.3, -0.25) is 0 Å². The van der Waals surface area contributed by atoms with Crippen molar-refractivity contribution in [1.82, 2.24) is 0 Å². The quantitative estimate of drug-likeness (QED) is 0.0521. The van der Waals surface area contributed by atoms with Crippen LogP contribution >= 0.6 is 0 Å². The van der Waals surface area contributed by atoms with Crippen LogP contribution in [0.3, 0.4) is 0 Å². The molecule has 0 bridgehead atoms. The molecule has 0 heterocycles. The molecule has 0 aliphatic heterocycles.